The van der Waals surface area contributed by atoms with Crippen LogP contribution in [0.15, 0.2) is 22.7 Å². The van der Waals surface area contributed by atoms with Crippen LogP contribution in [0.1, 0.15) is 15.2 Å². The van der Waals surface area contributed by atoms with Gasteiger partial charge in [0.1, 0.15) is 0 Å². The number of halogens is 3. The predicted molar refractivity (Wildman–Crippen MR) is 73.3 cm³/mol. The maximum absolute atomic E-state index is 13.7. The third kappa shape index (κ3) is 2.51. The van der Waals surface area contributed by atoms with Crippen LogP contribution in [0.5, 0.6) is 0 Å². The van der Waals surface area contributed by atoms with E-state index in [1.165, 1.54) is 18.2 Å². The third-order valence-corrected chi connectivity index (χ3v) is 5.62. The SMILES string of the molecule is NC(=O)c1ccc2c(Br)c(C(F)(F)P(O)O)sc2c1. The molecule has 4 nitrogen and oxygen atoms in total. The Hall–Kier alpha value is -0.660. The largest absolute Gasteiger partial charge is 0.366 e. The molecule has 0 unspecified atom stereocenters. The Balaban J connectivity index is 2.66. The highest BCUT2D eigenvalue weighted by atomic mass is 79.9. The van der Waals surface area contributed by atoms with Gasteiger partial charge in [-0.05, 0) is 28.1 Å². The van der Waals surface area contributed by atoms with Crippen molar-refractivity contribution in [2.24, 2.45) is 5.73 Å². The van der Waals surface area contributed by atoms with Crippen molar-refractivity contribution in [3.8, 4) is 0 Å². The Labute approximate surface area is 119 Å². The first kappa shape index (κ1) is 14.7. The first-order valence-corrected chi connectivity index (χ1v) is 7.69. The van der Waals surface area contributed by atoms with E-state index < -0.39 is 24.8 Å². The number of primary amides is 1. The van der Waals surface area contributed by atoms with Gasteiger partial charge in [-0.1, -0.05) is 6.07 Å². The molecule has 0 atom stereocenters. The molecule has 19 heavy (non-hydrogen) atoms. The molecular weight excluding hydrogens is 363 g/mol. The predicted octanol–water partition coefficient (Wildman–Crippen LogP) is 3.11. The Bertz CT molecular complexity index is 662. The molecule has 1 aromatic heterocycles. The van der Waals surface area contributed by atoms with Crippen molar-refractivity contribution in [1.29, 1.82) is 0 Å². The van der Waals surface area contributed by atoms with Gasteiger partial charge in [-0.25, -0.2) is 0 Å². The van der Waals surface area contributed by atoms with Crippen LogP contribution in [-0.4, -0.2) is 15.7 Å². The molecule has 0 saturated carbocycles. The summed E-state index contributed by atoms with van der Waals surface area (Å²) < 4.78 is 27.8. The van der Waals surface area contributed by atoms with Crippen LogP contribution in [-0.2, 0) is 5.66 Å². The van der Waals surface area contributed by atoms with Gasteiger partial charge >= 0.3 is 5.66 Å². The molecule has 0 fully saturated rings. The topological polar surface area (TPSA) is 83.6 Å². The monoisotopic (exact) mass is 369 g/mol. The third-order valence-electron chi connectivity index (χ3n) is 2.44. The Morgan fingerprint density at radius 1 is 1.42 bits per heavy atom. The summed E-state index contributed by atoms with van der Waals surface area (Å²) in [5.74, 6) is -0.661. The second kappa shape index (κ2) is 5.03. The van der Waals surface area contributed by atoms with E-state index in [4.69, 9.17) is 15.5 Å². The Morgan fingerprint density at radius 3 is 2.58 bits per heavy atom. The zero-order valence-electron chi connectivity index (χ0n) is 9.10. The summed E-state index contributed by atoms with van der Waals surface area (Å²) >= 11 is 3.70. The lowest BCUT2D eigenvalue weighted by Crippen LogP contribution is -2.10. The van der Waals surface area contributed by atoms with Gasteiger partial charge in [-0.3, -0.25) is 4.79 Å². The molecule has 2 rings (SSSR count). The lowest BCUT2D eigenvalue weighted by atomic mass is 10.1. The van der Waals surface area contributed by atoms with Gasteiger partial charge in [-0.2, -0.15) is 8.78 Å². The number of amides is 1. The standard InChI is InChI=1S/C10H7BrF2NO3PS/c11-7-5-2-1-4(9(14)15)3-6(5)19-8(7)10(12,13)18(16)17/h1-3,16-17H,(H2,14,15). The van der Waals surface area contributed by atoms with E-state index >= 15 is 0 Å². The van der Waals surface area contributed by atoms with Crippen LogP contribution in [0, 0.1) is 0 Å². The number of carbonyl (C=O) groups is 1. The fraction of sp³-hybridized carbons (Fsp3) is 0.100. The first-order chi connectivity index (χ1) is 8.75. The summed E-state index contributed by atoms with van der Waals surface area (Å²) in [6, 6.07) is 4.29. The maximum Gasteiger partial charge on any atom is 0.349 e. The van der Waals surface area contributed by atoms with Crippen LogP contribution in [0.2, 0.25) is 0 Å². The fourth-order valence-corrected chi connectivity index (χ4v) is 4.31. The van der Waals surface area contributed by atoms with E-state index in [1.54, 1.807) is 0 Å². The van der Waals surface area contributed by atoms with Crippen molar-refractivity contribution in [1.82, 2.24) is 0 Å². The summed E-state index contributed by atoms with van der Waals surface area (Å²) in [6.45, 7) is 0. The van der Waals surface area contributed by atoms with Gasteiger partial charge in [0.2, 0.25) is 14.3 Å². The molecule has 1 aromatic carbocycles. The van der Waals surface area contributed by atoms with Gasteiger partial charge in [0.25, 0.3) is 0 Å². The normalized spacial score (nSPS) is 12.3. The highest BCUT2D eigenvalue weighted by molar-refractivity contribution is 9.10. The molecule has 9 heteroatoms. The molecular formula is C10H7BrF2NO3PS. The van der Waals surface area contributed by atoms with Gasteiger partial charge < -0.3 is 15.5 Å². The van der Waals surface area contributed by atoms with Gasteiger partial charge in [0, 0.05) is 20.1 Å². The molecule has 0 radical (unpaired) electrons. The van der Waals surface area contributed by atoms with E-state index in [2.05, 4.69) is 15.9 Å². The van der Waals surface area contributed by atoms with E-state index in [9.17, 15) is 13.6 Å². The summed E-state index contributed by atoms with van der Waals surface area (Å²) in [7, 11) is -3.44. The van der Waals surface area contributed by atoms with Crippen molar-refractivity contribution < 1.29 is 23.4 Å². The number of hydrogen-bond acceptors (Lipinski definition) is 4. The van der Waals surface area contributed by atoms with E-state index in [0.29, 0.717) is 21.4 Å². The van der Waals surface area contributed by atoms with Crippen molar-refractivity contribution in [3.05, 3.63) is 33.1 Å². The maximum atomic E-state index is 13.7. The van der Waals surface area contributed by atoms with Crippen LogP contribution in [0.4, 0.5) is 8.78 Å². The molecule has 0 saturated heterocycles. The molecule has 0 aliphatic carbocycles. The number of benzene rings is 1. The zero-order chi connectivity index (χ0) is 14.4. The molecule has 0 spiro atoms. The molecule has 2 aromatic rings. The number of rotatable bonds is 3. The minimum atomic E-state index is -3.73. The van der Waals surface area contributed by atoms with E-state index in [0.717, 1.165) is 0 Å². The van der Waals surface area contributed by atoms with Crippen LogP contribution in [0.3, 0.4) is 0 Å². The minimum absolute atomic E-state index is 0.0871. The van der Waals surface area contributed by atoms with Gasteiger partial charge in [-0.15, -0.1) is 11.3 Å². The molecule has 0 bridgehead atoms. The van der Waals surface area contributed by atoms with Crippen molar-refractivity contribution in [3.63, 3.8) is 0 Å². The highest BCUT2D eigenvalue weighted by Gasteiger charge is 2.44. The quantitative estimate of drug-likeness (QED) is 0.726. The second-order valence-electron chi connectivity index (χ2n) is 3.65. The second-order valence-corrected chi connectivity index (χ2v) is 6.64. The molecule has 0 aliphatic rings. The van der Waals surface area contributed by atoms with Crippen LogP contribution < -0.4 is 5.73 Å². The summed E-state index contributed by atoms with van der Waals surface area (Å²) in [6.07, 6.45) is 0. The Kier molecular flexibility index (Phi) is 3.90. The van der Waals surface area contributed by atoms with Crippen molar-refractivity contribution in [2.45, 2.75) is 5.66 Å². The van der Waals surface area contributed by atoms with Crippen molar-refractivity contribution in [2.75, 3.05) is 0 Å². The number of thiophene rings is 1. The number of fused-ring (bicyclic) bond motifs is 1. The van der Waals surface area contributed by atoms with Crippen LogP contribution in [0.25, 0.3) is 10.1 Å². The molecule has 102 valence electrons. The van der Waals surface area contributed by atoms with Crippen LogP contribution >= 0.6 is 35.6 Å². The summed E-state index contributed by atoms with van der Waals surface area (Å²) in [5.41, 5.74) is 1.58. The minimum Gasteiger partial charge on any atom is -0.366 e. The number of hydrogen-bond donors (Lipinski definition) is 3. The van der Waals surface area contributed by atoms with E-state index in [-0.39, 0.29) is 10.0 Å². The summed E-state index contributed by atoms with van der Waals surface area (Å²) in [4.78, 5) is 28.2. The molecule has 1 amide bonds. The smallest absolute Gasteiger partial charge is 0.349 e. The average molecular weight is 370 g/mol. The molecule has 0 aliphatic heterocycles. The number of nitrogens with two attached hydrogens (primary N) is 1. The average Bonchev–Trinajstić information content (AvgIpc) is 2.66. The Morgan fingerprint density at radius 2 is 2.05 bits per heavy atom. The number of carbonyl (C=O) groups excluding carboxylic acids is 1. The summed E-state index contributed by atoms with van der Waals surface area (Å²) in [5, 5.41) is 0.460. The fourth-order valence-electron chi connectivity index (χ4n) is 1.50. The van der Waals surface area contributed by atoms with Gasteiger partial charge in [0.15, 0.2) is 0 Å². The molecule has 4 N–H and O–H groups in total. The van der Waals surface area contributed by atoms with Gasteiger partial charge in [0.05, 0.1) is 4.88 Å². The zero-order valence-corrected chi connectivity index (χ0v) is 12.4. The first-order valence-electron chi connectivity index (χ1n) is 4.83. The van der Waals surface area contributed by atoms with Crippen molar-refractivity contribution >= 4 is 51.6 Å². The van der Waals surface area contributed by atoms with E-state index in [1.807, 2.05) is 0 Å². The highest BCUT2D eigenvalue weighted by Crippen LogP contribution is 2.57. The molecule has 1 heterocycles. The lowest BCUT2D eigenvalue weighted by Gasteiger charge is -2.15. The lowest BCUT2D eigenvalue weighted by molar-refractivity contribution is 0.0766. The number of alkyl halides is 2.